The largest absolute Gasteiger partial charge is 0.298 e. The predicted molar refractivity (Wildman–Crippen MR) is 40.6 cm³/mol. The molecule has 1 aliphatic heterocycles. The summed E-state index contributed by atoms with van der Waals surface area (Å²) in [6.45, 7) is 5.10. The normalized spacial score (nSPS) is 52.3. The van der Waals surface area contributed by atoms with Gasteiger partial charge < -0.3 is 0 Å². The number of hydrogen-bond acceptors (Lipinski definition) is 1. The molecule has 0 N–H and O–H groups in total. The van der Waals surface area contributed by atoms with Crippen LogP contribution in [0, 0.1) is 0 Å². The predicted octanol–water partition coefficient (Wildman–Crippen LogP) is 1.88. The van der Waals surface area contributed by atoms with Gasteiger partial charge in [0.25, 0.3) is 0 Å². The third-order valence-electron chi connectivity index (χ3n) is 1.48. The maximum Gasteiger partial charge on any atom is 0.0431 e. The Balaban J connectivity index is 2.77. The minimum atomic E-state index is -0.521. The van der Waals surface area contributed by atoms with E-state index in [1.54, 1.807) is 4.90 Å². The molecule has 3 atom stereocenters. The first-order chi connectivity index (χ1) is 5.34. The first-order valence-corrected chi connectivity index (χ1v) is 3.39. The van der Waals surface area contributed by atoms with E-state index in [1.165, 1.54) is 0 Å². The van der Waals surface area contributed by atoms with E-state index in [9.17, 15) is 0 Å². The molecule has 0 radical (unpaired) electrons. The summed E-state index contributed by atoms with van der Waals surface area (Å²) in [4.78, 5) is 1.80. The zero-order valence-corrected chi connectivity index (χ0v) is 6.39. The minimum absolute atomic E-state index is 0.158. The molecule has 54 valence electrons. The second kappa shape index (κ2) is 2.30. The Morgan fingerprint density at radius 2 is 2.00 bits per heavy atom. The van der Waals surface area contributed by atoms with Gasteiger partial charge in [0.05, 0.1) is 0 Å². The van der Waals surface area contributed by atoms with E-state index in [2.05, 4.69) is 0 Å². The van der Waals surface area contributed by atoms with Crippen LogP contribution >= 0.6 is 0 Å². The molecule has 1 saturated heterocycles. The fraction of sp³-hybridized carbons (Fsp3) is 1.00. The average Bonchev–Trinajstić information content (AvgIpc) is 2.05. The number of hydrogen-bond donors (Lipinski definition) is 0. The fourth-order valence-corrected chi connectivity index (χ4v) is 0.907. The van der Waals surface area contributed by atoms with Crippen molar-refractivity contribution in [2.45, 2.75) is 39.1 Å². The molecule has 1 fully saturated rings. The van der Waals surface area contributed by atoms with Gasteiger partial charge in [-0.15, -0.1) is 0 Å². The molecule has 1 nitrogen and oxygen atoms in total. The Hall–Kier alpha value is -0.0400. The van der Waals surface area contributed by atoms with Crippen LogP contribution in [0.2, 0.25) is 0 Å². The Morgan fingerprint density at radius 1 is 1.33 bits per heavy atom. The summed E-state index contributed by atoms with van der Waals surface area (Å²) in [6.07, 6.45) is 0.0950. The quantitative estimate of drug-likeness (QED) is 0.484. The molecule has 0 aromatic carbocycles. The molecular weight excluding hydrogens is 110 g/mol. The second-order valence-corrected chi connectivity index (χ2v) is 3.38. The van der Waals surface area contributed by atoms with Crippen molar-refractivity contribution in [3.63, 3.8) is 0 Å². The van der Waals surface area contributed by atoms with E-state index in [0.717, 1.165) is 0 Å². The zero-order valence-electron chi connectivity index (χ0n) is 9.39. The third-order valence-corrected chi connectivity index (χ3v) is 1.48. The highest BCUT2D eigenvalue weighted by Gasteiger charge is 2.23. The molecule has 1 heteroatoms. The van der Waals surface area contributed by atoms with E-state index in [1.807, 2.05) is 20.8 Å². The first-order valence-electron chi connectivity index (χ1n) is 5.12. The summed E-state index contributed by atoms with van der Waals surface area (Å²) in [5.41, 5.74) is -0.158. The van der Waals surface area contributed by atoms with Crippen molar-refractivity contribution >= 4 is 0 Å². The van der Waals surface area contributed by atoms with E-state index in [0.29, 0.717) is 6.42 Å². The summed E-state index contributed by atoms with van der Waals surface area (Å²) in [7, 11) is 0. The van der Waals surface area contributed by atoms with Crippen molar-refractivity contribution in [3.05, 3.63) is 0 Å². The van der Waals surface area contributed by atoms with Gasteiger partial charge in [0.1, 0.15) is 0 Å². The fourth-order valence-electron chi connectivity index (χ4n) is 0.907. The van der Waals surface area contributed by atoms with E-state index in [4.69, 9.17) is 4.11 Å². The van der Waals surface area contributed by atoms with Gasteiger partial charge in [-0.25, -0.2) is 0 Å². The monoisotopic (exact) mass is 130 g/mol. The minimum Gasteiger partial charge on any atom is -0.298 e. The van der Waals surface area contributed by atoms with Crippen LogP contribution in [0.5, 0.6) is 0 Å². The number of rotatable bonds is 0. The number of likely N-dealkylation sites (tertiary alicyclic amines) is 1. The smallest absolute Gasteiger partial charge is 0.0431 e. The molecule has 1 aliphatic rings. The van der Waals surface area contributed by atoms with E-state index >= 15 is 0 Å². The Bertz CT molecular complexity index is 166. The summed E-state index contributed by atoms with van der Waals surface area (Å²) in [6, 6.07) is 0. The van der Waals surface area contributed by atoms with Gasteiger partial charge in [-0.1, -0.05) is 0 Å². The maximum atomic E-state index is 7.70. The highest BCUT2D eigenvalue weighted by atomic mass is 15.2. The molecule has 0 aromatic heterocycles. The molecule has 0 spiro atoms. The molecule has 1 heterocycles. The van der Waals surface area contributed by atoms with Crippen molar-refractivity contribution in [1.29, 1.82) is 0 Å². The van der Waals surface area contributed by atoms with E-state index < -0.39 is 12.9 Å². The van der Waals surface area contributed by atoms with Gasteiger partial charge in [-0.2, -0.15) is 0 Å². The first kappa shape index (κ1) is 3.97. The van der Waals surface area contributed by atoms with E-state index in [-0.39, 0.29) is 12.1 Å². The zero-order chi connectivity index (χ0) is 9.52. The Labute approximate surface area is 62.3 Å². The van der Waals surface area contributed by atoms with Crippen molar-refractivity contribution in [1.82, 2.24) is 4.90 Å². The van der Waals surface area contributed by atoms with Crippen LogP contribution < -0.4 is 0 Å². The van der Waals surface area contributed by atoms with Crippen LogP contribution in [0.15, 0.2) is 0 Å². The molecule has 0 aromatic rings. The average molecular weight is 130 g/mol. The molecule has 9 heavy (non-hydrogen) atoms. The van der Waals surface area contributed by atoms with Gasteiger partial charge >= 0.3 is 0 Å². The van der Waals surface area contributed by atoms with Crippen LogP contribution in [0.4, 0.5) is 0 Å². The standard InChI is InChI=1S/C8H17N/c1-8(2,3)9-6-4-5-7-9/h4-7H2,1-3H3/i4D,6D,7D. The number of nitrogens with zero attached hydrogens (tertiary/aromatic N) is 1. The maximum absolute atomic E-state index is 7.70. The lowest BCUT2D eigenvalue weighted by atomic mass is 10.1. The van der Waals surface area contributed by atoms with Gasteiger partial charge in [0.15, 0.2) is 0 Å². The second-order valence-electron chi connectivity index (χ2n) is 3.38. The Kier molecular flexibility index (Phi) is 1.01. The van der Waals surface area contributed by atoms with Gasteiger partial charge in [0, 0.05) is 9.65 Å². The van der Waals surface area contributed by atoms with Crippen LogP contribution in [-0.2, 0) is 0 Å². The topological polar surface area (TPSA) is 3.24 Å². The SMILES string of the molecule is [2H]C1CC([2H])N(C(C)(C)C)C1[2H]. The molecule has 0 amide bonds. The molecule has 0 saturated carbocycles. The van der Waals surface area contributed by atoms with Crippen molar-refractivity contribution < 1.29 is 4.11 Å². The summed E-state index contributed by atoms with van der Waals surface area (Å²) in [5, 5.41) is 0. The lowest BCUT2D eigenvalue weighted by Gasteiger charge is -2.31. The van der Waals surface area contributed by atoms with Crippen LogP contribution in [0.3, 0.4) is 0 Å². The Morgan fingerprint density at radius 3 is 2.22 bits per heavy atom. The van der Waals surface area contributed by atoms with Crippen LogP contribution in [0.25, 0.3) is 0 Å². The highest BCUT2D eigenvalue weighted by Crippen LogP contribution is 2.19. The van der Waals surface area contributed by atoms with Crippen molar-refractivity contribution in [3.8, 4) is 0 Å². The van der Waals surface area contributed by atoms with Gasteiger partial charge in [0.2, 0.25) is 0 Å². The molecular formula is C8H17N. The van der Waals surface area contributed by atoms with Crippen molar-refractivity contribution in [2.75, 3.05) is 13.0 Å². The molecule has 1 rings (SSSR count). The summed E-state index contributed by atoms with van der Waals surface area (Å²) in [5.74, 6) is 0. The molecule has 0 aliphatic carbocycles. The summed E-state index contributed by atoms with van der Waals surface area (Å²) < 4.78 is 22.9. The lowest BCUT2D eigenvalue weighted by Crippen LogP contribution is -2.38. The highest BCUT2D eigenvalue weighted by molar-refractivity contribution is 4.79. The molecule has 0 bridgehead atoms. The van der Waals surface area contributed by atoms with Gasteiger partial charge in [-0.3, -0.25) is 4.90 Å². The molecule has 3 unspecified atom stereocenters. The van der Waals surface area contributed by atoms with Crippen LogP contribution in [-0.4, -0.2) is 23.5 Å². The summed E-state index contributed by atoms with van der Waals surface area (Å²) >= 11 is 0. The van der Waals surface area contributed by atoms with Gasteiger partial charge in [-0.05, 0) is 46.6 Å². The van der Waals surface area contributed by atoms with Crippen LogP contribution in [0.1, 0.15) is 37.7 Å². The third kappa shape index (κ3) is 1.68. The van der Waals surface area contributed by atoms with Crippen molar-refractivity contribution in [2.24, 2.45) is 0 Å². The lowest BCUT2D eigenvalue weighted by molar-refractivity contribution is 0.175.